The predicted molar refractivity (Wildman–Crippen MR) is 142 cm³/mol. The number of allylic oxidation sites excluding steroid dienone is 1. The lowest BCUT2D eigenvalue weighted by atomic mass is 9.94. The fourth-order valence-electron chi connectivity index (χ4n) is 4.37. The van der Waals surface area contributed by atoms with E-state index in [0.29, 0.717) is 38.7 Å². The molecule has 194 valence electrons. The van der Waals surface area contributed by atoms with Gasteiger partial charge in [-0.1, -0.05) is 35.6 Å². The van der Waals surface area contributed by atoms with Crippen LogP contribution in [-0.4, -0.2) is 38.0 Å². The second kappa shape index (κ2) is 11.0. The van der Waals surface area contributed by atoms with Crippen LogP contribution in [0.2, 0.25) is 0 Å². The lowest BCUT2D eigenvalue weighted by Gasteiger charge is -2.26. The van der Waals surface area contributed by atoms with Gasteiger partial charge in [0.2, 0.25) is 0 Å². The van der Waals surface area contributed by atoms with Crippen LogP contribution < -0.4 is 29.1 Å². The Morgan fingerprint density at radius 3 is 2.51 bits per heavy atom. The van der Waals surface area contributed by atoms with Gasteiger partial charge in [-0.25, -0.2) is 9.79 Å². The lowest BCUT2D eigenvalue weighted by Crippen LogP contribution is -2.40. The van der Waals surface area contributed by atoms with Crippen LogP contribution in [0.5, 0.6) is 17.2 Å². The van der Waals surface area contributed by atoms with E-state index in [1.807, 2.05) is 44.2 Å². The van der Waals surface area contributed by atoms with Gasteiger partial charge in [0, 0.05) is 5.56 Å². The number of carbonyl (C=O) groups excluding carboxylic acids is 1. The Hall–Kier alpha value is -3.85. The minimum atomic E-state index is -0.804. The quantitative estimate of drug-likeness (QED) is 0.421. The minimum Gasteiger partial charge on any atom is -0.496 e. The number of para-hydroxylation sites is 1. The number of carbonyl (C=O) groups is 1. The van der Waals surface area contributed by atoms with Crippen LogP contribution >= 0.6 is 11.3 Å². The molecule has 0 bridgehead atoms. The van der Waals surface area contributed by atoms with Crippen LogP contribution in [0.25, 0.3) is 6.08 Å². The van der Waals surface area contributed by atoms with E-state index in [0.717, 1.165) is 16.9 Å². The third-order valence-corrected chi connectivity index (χ3v) is 7.04. The summed E-state index contributed by atoms with van der Waals surface area (Å²) in [4.78, 5) is 32.2. The number of benzene rings is 2. The summed E-state index contributed by atoms with van der Waals surface area (Å²) < 4.78 is 24.4. The molecule has 1 aliphatic rings. The summed E-state index contributed by atoms with van der Waals surface area (Å²) in [5.41, 5.74) is 2.93. The summed E-state index contributed by atoms with van der Waals surface area (Å²) in [6.07, 6.45) is 1.81. The van der Waals surface area contributed by atoms with Crippen molar-refractivity contribution in [1.82, 2.24) is 4.57 Å². The van der Waals surface area contributed by atoms with E-state index in [1.54, 1.807) is 44.8 Å². The maximum absolute atomic E-state index is 13.9. The predicted octanol–water partition coefficient (Wildman–Crippen LogP) is 3.52. The molecule has 0 radical (unpaired) electrons. The van der Waals surface area contributed by atoms with Crippen LogP contribution in [-0.2, 0) is 9.53 Å². The summed E-state index contributed by atoms with van der Waals surface area (Å²) in [7, 11) is 3.17. The first-order valence-electron chi connectivity index (χ1n) is 12.0. The zero-order valence-electron chi connectivity index (χ0n) is 21.8. The highest BCUT2D eigenvalue weighted by atomic mass is 32.1. The number of hydrogen-bond acceptors (Lipinski definition) is 8. The van der Waals surface area contributed by atoms with E-state index < -0.39 is 12.0 Å². The number of fused-ring (bicyclic) bond motifs is 1. The van der Waals surface area contributed by atoms with Gasteiger partial charge in [-0.15, -0.1) is 0 Å². The molecule has 0 spiro atoms. The smallest absolute Gasteiger partial charge is 0.338 e. The fraction of sp³-hybridized carbons (Fsp3) is 0.321. The Labute approximate surface area is 219 Å². The number of nitrogens with zero attached hydrogens (tertiary/aromatic N) is 2. The summed E-state index contributed by atoms with van der Waals surface area (Å²) in [6.45, 7) is 7.89. The molecule has 4 rings (SSSR count). The Kier molecular flexibility index (Phi) is 7.83. The van der Waals surface area contributed by atoms with Crippen molar-refractivity contribution in [3.8, 4) is 17.2 Å². The zero-order chi connectivity index (χ0) is 26.7. The standard InChI is InChI=1S/C28H30N2O6S/c1-7-35-25-19(10-9-11-20(25)33-5)24-23(27(32)36-8-2)17(4)29-28-30(24)26(31)22(37-28)15-18-13-12-16(3)21(14-18)34-6/h9-15,24H,7-8H2,1-6H3/b22-15+/t24-/m0/s1. The fourth-order valence-corrected chi connectivity index (χ4v) is 5.42. The van der Waals surface area contributed by atoms with Gasteiger partial charge in [0.25, 0.3) is 5.56 Å². The summed E-state index contributed by atoms with van der Waals surface area (Å²) >= 11 is 1.26. The first kappa shape index (κ1) is 26.2. The first-order valence-corrected chi connectivity index (χ1v) is 12.8. The second-order valence-electron chi connectivity index (χ2n) is 8.34. The molecule has 2 aromatic carbocycles. The van der Waals surface area contributed by atoms with E-state index in [1.165, 1.54) is 11.3 Å². The molecule has 0 fully saturated rings. The first-order chi connectivity index (χ1) is 17.8. The SMILES string of the molecule is CCOC(=O)C1=C(C)N=c2s/c(=C/c3ccc(C)c(OC)c3)c(=O)n2[C@H]1c1cccc(OC)c1OCC. The molecule has 2 heterocycles. The number of aryl methyl sites for hydroxylation is 1. The number of thiazole rings is 1. The molecule has 37 heavy (non-hydrogen) atoms. The van der Waals surface area contributed by atoms with E-state index in [4.69, 9.17) is 18.9 Å². The Bertz CT molecular complexity index is 1550. The van der Waals surface area contributed by atoms with Crippen molar-refractivity contribution >= 4 is 23.4 Å². The Morgan fingerprint density at radius 1 is 1.08 bits per heavy atom. The van der Waals surface area contributed by atoms with Gasteiger partial charge < -0.3 is 18.9 Å². The van der Waals surface area contributed by atoms with Gasteiger partial charge in [0.15, 0.2) is 16.3 Å². The molecule has 0 aliphatic carbocycles. The van der Waals surface area contributed by atoms with Crippen LogP contribution in [0.15, 0.2) is 57.5 Å². The molecule has 0 saturated heterocycles. The highest BCUT2D eigenvalue weighted by molar-refractivity contribution is 7.07. The number of esters is 1. The third-order valence-electron chi connectivity index (χ3n) is 6.06. The molecular weight excluding hydrogens is 492 g/mol. The number of ether oxygens (including phenoxy) is 4. The van der Waals surface area contributed by atoms with Crippen LogP contribution in [0.3, 0.4) is 0 Å². The Balaban J connectivity index is 2.01. The number of hydrogen-bond donors (Lipinski definition) is 0. The van der Waals surface area contributed by atoms with Crippen LogP contribution in [0, 0.1) is 6.92 Å². The molecule has 8 nitrogen and oxygen atoms in total. The monoisotopic (exact) mass is 522 g/mol. The minimum absolute atomic E-state index is 0.193. The second-order valence-corrected chi connectivity index (χ2v) is 9.35. The average Bonchev–Trinajstić information content (AvgIpc) is 3.18. The molecule has 0 N–H and O–H groups in total. The lowest BCUT2D eigenvalue weighted by molar-refractivity contribution is -0.139. The van der Waals surface area contributed by atoms with Crippen molar-refractivity contribution in [2.45, 2.75) is 33.7 Å². The van der Waals surface area contributed by atoms with E-state index in [-0.39, 0.29) is 17.7 Å². The Morgan fingerprint density at radius 2 is 1.84 bits per heavy atom. The average molecular weight is 523 g/mol. The molecule has 3 aromatic rings. The molecule has 0 unspecified atom stereocenters. The van der Waals surface area contributed by atoms with E-state index in [2.05, 4.69) is 4.99 Å². The molecule has 0 amide bonds. The topological polar surface area (TPSA) is 88.4 Å². The number of aromatic nitrogens is 1. The zero-order valence-corrected chi connectivity index (χ0v) is 22.6. The van der Waals surface area contributed by atoms with Gasteiger partial charge in [-0.2, -0.15) is 0 Å². The van der Waals surface area contributed by atoms with Crippen molar-refractivity contribution < 1.29 is 23.7 Å². The van der Waals surface area contributed by atoms with Gasteiger partial charge in [-0.3, -0.25) is 9.36 Å². The van der Waals surface area contributed by atoms with Crippen LogP contribution in [0.4, 0.5) is 0 Å². The normalized spacial score (nSPS) is 15.2. The molecule has 1 atom stereocenters. The van der Waals surface area contributed by atoms with E-state index >= 15 is 0 Å². The van der Waals surface area contributed by atoms with Crippen molar-refractivity contribution in [1.29, 1.82) is 0 Å². The highest BCUT2D eigenvalue weighted by Crippen LogP contribution is 2.40. The summed E-state index contributed by atoms with van der Waals surface area (Å²) in [5.74, 6) is 1.17. The molecule has 1 aromatic heterocycles. The highest BCUT2D eigenvalue weighted by Gasteiger charge is 2.35. The molecule has 1 aliphatic heterocycles. The van der Waals surface area contributed by atoms with Crippen molar-refractivity contribution in [2.75, 3.05) is 27.4 Å². The van der Waals surface area contributed by atoms with E-state index in [9.17, 15) is 9.59 Å². The van der Waals surface area contributed by atoms with Crippen LogP contribution in [0.1, 0.15) is 43.5 Å². The molecule has 0 saturated carbocycles. The molecular formula is C28H30N2O6S. The third kappa shape index (κ3) is 4.91. The summed E-state index contributed by atoms with van der Waals surface area (Å²) in [5, 5.41) is 0. The molecule has 9 heteroatoms. The van der Waals surface area contributed by atoms with Gasteiger partial charge >= 0.3 is 5.97 Å². The van der Waals surface area contributed by atoms with Crippen molar-refractivity contribution in [3.05, 3.63) is 84.0 Å². The maximum Gasteiger partial charge on any atom is 0.338 e. The van der Waals surface area contributed by atoms with Crippen molar-refractivity contribution in [2.24, 2.45) is 4.99 Å². The van der Waals surface area contributed by atoms with Gasteiger partial charge in [0.05, 0.1) is 43.2 Å². The van der Waals surface area contributed by atoms with Crippen molar-refractivity contribution in [3.63, 3.8) is 0 Å². The van der Waals surface area contributed by atoms with Gasteiger partial charge in [0.1, 0.15) is 11.8 Å². The number of methoxy groups -OCH3 is 2. The maximum atomic E-state index is 13.9. The summed E-state index contributed by atoms with van der Waals surface area (Å²) in [6, 6.07) is 10.4. The largest absolute Gasteiger partial charge is 0.496 e. The number of rotatable bonds is 8. The van der Waals surface area contributed by atoms with Gasteiger partial charge in [-0.05, 0) is 57.0 Å².